The van der Waals surface area contributed by atoms with Crippen molar-refractivity contribution in [3.63, 3.8) is 0 Å². The van der Waals surface area contributed by atoms with E-state index < -0.39 is 11.6 Å². The zero-order valence-electron chi connectivity index (χ0n) is 15.2. The number of carbonyl (C=O) groups is 2. The summed E-state index contributed by atoms with van der Waals surface area (Å²) in [5.41, 5.74) is 9.43. The molecule has 9 heteroatoms. The van der Waals surface area contributed by atoms with Gasteiger partial charge in [0.05, 0.1) is 12.1 Å². The quantitative estimate of drug-likeness (QED) is 0.501. The highest BCUT2D eigenvalue weighted by Crippen LogP contribution is 2.22. The first kappa shape index (κ1) is 19.4. The van der Waals surface area contributed by atoms with Crippen LogP contribution in [0.1, 0.15) is 36.7 Å². The maximum absolute atomic E-state index is 12.1. The zero-order chi connectivity index (χ0) is 19.3. The molecule has 0 atom stereocenters. The van der Waals surface area contributed by atoms with Crippen LogP contribution in [-0.4, -0.2) is 53.8 Å². The van der Waals surface area contributed by atoms with Crippen LogP contribution in [0.3, 0.4) is 0 Å². The minimum absolute atomic E-state index is 0.0858. The molecule has 2 rings (SSSR count). The Morgan fingerprint density at radius 2 is 1.88 bits per heavy atom. The fourth-order valence-corrected chi connectivity index (χ4v) is 2.66. The number of aromatic carboxylic acids is 1. The van der Waals surface area contributed by atoms with E-state index in [1.807, 2.05) is 31.7 Å². The molecule has 0 unspecified atom stereocenters. The summed E-state index contributed by atoms with van der Waals surface area (Å²) < 4.78 is 5.38. The number of azide groups is 1. The van der Waals surface area contributed by atoms with Crippen LogP contribution in [0.5, 0.6) is 0 Å². The van der Waals surface area contributed by atoms with E-state index in [9.17, 15) is 14.7 Å². The summed E-state index contributed by atoms with van der Waals surface area (Å²) in [7, 11) is 0. The highest BCUT2D eigenvalue weighted by Gasteiger charge is 2.26. The number of carbonyl (C=O) groups excluding carboxylic acids is 1. The first-order valence-corrected chi connectivity index (χ1v) is 8.30. The first-order chi connectivity index (χ1) is 12.2. The van der Waals surface area contributed by atoms with Gasteiger partial charge in [-0.05, 0) is 50.1 Å². The Labute approximate surface area is 151 Å². The minimum Gasteiger partial charge on any atom is -0.478 e. The number of hydrogen-bond donors (Lipinski definition) is 1. The smallest absolute Gasteiger partial charge is 0.410 e. The van der Waals surface area contributed by atoms with Gasteiger partial charge in [-0.15, -0.1) is 0 Å². The topological polar surface area (TPSA) is 119 Å². The van der Waals surface area contributed by atoms with Gasteiger partial charge in [0.1, 0.15) is 5.60 Å². The monoisotopic (exact) mass is 361 g/mol. The number of hydrogen-bond acceptors (Lipinski definition) is 5. The number of ether oxygens (including phenoxy) is 1. The molecule has 1 aromatic rings. The summed E-state index contributed by atoms with van der Waals surface area (Å²) >= 11 is 0. The largest absolute Gasteiger partial charge is 0.478 e. The number of carboxylic acids is 1. The highest BCUT2D eigenvalue weighted by molar-refractivity contribution is 5.89. The second kappa shape index (κ2) is 7.97. The molecule has 1 heterocycles. The van der Waals surface area contributed by atoms with E-state index in [1.54, 1.807) is 11.0 Å². The van der Waals surface area contributed by atoms with Gasteiger partial charge in [0.2, 0.25) is 0 Å². The van der Waals surface area contributed by atoms with Gasteiger partial charge in [0.15, 0.2) is 0 Å². The summed E-state index contributed by atoms with van der Waals surface area (Å²) in [6.07, 6.45) is -0.347. The average molecular weight is 361 g/mol. The molecule has 0 saturated carbocycles. The lowest BCUT2D eigenvalue weighted by Crippen LogP contribution is -2.50. The number of amides is 1. The fourth-order valence-electron chi connectivity index (χ4n) is 2.66. The fraction of sp³-hybridized carbons (Fsp3) is 0.529. The van der Waals surface area contributed by atoms with E-state index >= 15 is 0 Å². The van der Waals surface area contributed by atoms with Crippen LogP contribution in [-0.2, 0) is 11.3 Å². The maximum atomic E-state index is 12.1. The van der Waals surface area contributed by atoms with E-state index in [0.29, 0.717) is 31.7 Å². The Kier molecular flexibility index (Phi) is 5.94. The van der Waals surface area contributed by atoms with Gasteiger partial charge in [-0.3, -0.25) is 0 Å². The number of nitrogens with zero attached hydrogens (tertiary/aromatic N) is 5. The van der Waals surface area contributed by atoms with Crippen molar-refractivity contribution in [2.45, 2.75) is 32.9 Å². The van der Waals surface area contributed by atoms with E-state index in [1.165, 1.54) is 6.07 Å². The van der Waals surface area contributed by atoms with E-state index in [4.69, 9.17) is 10.3 Å². The van der Waals surface area contributed by atoms with Gasteiger partial charge in [0, 0.05) is 36.8 Å². The molecule has 1 saturated heterocycles. The number of rotatable bonds is 4. The lowest BCUT2D eigenvalue weighted by Gasteiger charge is -2.37. The molecule has 140 valence electrons. The van der Waals surface area contributed by atoms with Crippen LogP contribution in [0.4, 0.5) is 10.5 Å². The Hall–Kier alpha value is -2.93. The van der Waals surface area contributed by atoms with Crippen molar-refractivity contribution >= 4 is 17.7 Å². The number of piperazine rings is 1. The van der Waals surface area contributed by atoms with Gasteiger partial charge in [-0.1, -0.05) is 5.11 Å². The summed E-state index contributed by atoms with van der Waals surface area (Å²) in [4.78, 5) is 29.8. The average Bonchev–Trinajstić information content (AvgIpc) is 2.58. The van der Waals surface area contributed by atoms with Crippen molar-refractivity contribution in [1.82, 2.24) is 4.90 Å². The summed E-state index contributed by atoms with van der Waals surface area (Å²) in [6, 6.07) is 4.90. The van der Waals surface area contributed by atoms with Crippen molar-refractivity contribution in [2.75, 3.05) is 31.1 Å². The van der Waals surface area contributed by atoms with Crippen LogP contribution in [0.25, 0.3) is 10.4 Å². The molecule has 9 nitrogen and oxygen atoms in total. The number of carboxylic acid groups (broad SMARTS) is 1. The molecule has 1 aromatic carbocycles. The van der Waals surface area contributed by atoms with Crippen molar-refractivity contribution in [2.24, 2.45) is 5.11 Å². The highest BCUT2D eigenvalue weighted by atomic mass is 16.6. The lowest BCUT2D eigenvalue weighted by molar-refractivity contribution is 0.0240. The molecule has 0 spiro atoms. The zero-order valence-corrected chi connectivity index (χ0v) is 15.2. The predicted molar refractivity (Wildman–Crippen MR) is 96.3 cm³/mol. The molecule has 1 aliphatic rings. The SMILES string of the molecule is CC(C)(C)OC(=O)N1CCN(c2cc(CN=[N+]=[N-])cc(C(=O)O)c2)CC1. The number of anilines is 1. The van der Waals surface area contributed by atoms with E-state index in [2.05, 4.69) is 10.0 Å². The number of benzene rings is 1. The lowest BCUT2D eigenvalue weighted by atomic mass is 10.1. The van der Waals surface area contributed by atoms with E-state index in [-0.39, 0.29) is 18.2 Å². The third-order valence-corrected chi connectivity index (χ3v) is 3.84. The Balaban J connectivity index is 2.10. The third kappa shape index (κ3) is 5.29. The molecule has 1 amide bonds. The molecule has 0 aromatic heterocycles. The molecule has 0 aliphatic carbocycles. The van der Waals surface area contributed by atoms with Crippen LogP contribution >= 0.6 is 0 Å². The van der Waals surface area contributed by atoms with Crippen molar-refractivity contribution in [3.05, 3.63) is 39.8 Å². The second-order valence-electron chi connectivity index (χ2n) is 7.04. The normalized spacial score (nSPS) is 14.6. The van der Waals surface area contributed by atoms with Gasteiger partial charge in [-0.25, -0.2) is 9.59 Å². The standard InChI is InChI=1S/C17H23N5O4/c1-17(2,3)26-16(25)22-6-4-21(5-7-22)14-9-12(11-19-20-18)8-13(10-14)15(23)24/h8-10H,4-7,11H2,1-3H3,(H,23,24). The molecule has 1 N–H and O–H groups in total. The Bertz CT molecular complexity index is 729. The van der Waals surface area contributed by atoms with Crippen molar-refractivity contribution < 1.29 is 19.4 Å². The molecule has 26 heavy (non-hydrogen) atoms. The summed E-state index contributed by atoms with van der Waals surface area (Å²) in [5, 5.41) is 12.8. The Morgan fingerprint density at radius 3 is 2.42 bits per heavy atom. The van der Waals surface area contributed by atoms with Crippen LogP contribution in [0, 0.1) is 0 Å². The van der Waals surface area contributed by atoms with Crippen molar-refractivity contribution in [3.8, 4) is 0 Å². The van der Waals surface area contributed by atoms with Gasteiger partial charge >= 0.3 is 12.1 Å². The predicted octanol–water partition coefficient (Wildman–Crippen LogP) is 3.25. The van der Waals surface area contributed by atoms with Gasteiger partial charge < -0.3 is 19.6 Å². The maximum Gasteiger partial charge on any atom is 0.410 e. The summed E-state index contributed by atoms with van der Waals surface area (Å²) in [6.45, 7) is 7.64. The molecular weight excluding hydrogens is 338 g/mol. The van der Waals surface area contributed by atoms with Crippen LogP contribution in [0.15, 0.2) is 23.3 Å². The van der Waals surface area contributed by atoms with Crippen LogP contribution in [0.2, 0.25) is 0 Å². The molecule has 0 bridgehead atoms. The first-order valence-electron chi connectivity index (χ1n) is 8.30. The molecular formula is C17H23N5O4. The Morgan fingerprint density at radius 1 is 1.23 bits per heavy atom. The molecule has 0 radical (unpaired) electrons. The van der Waals surface area contributed by atoms with Crippen molar-refractivity contribution in [1.29, 1.82) is 0 Å². The molecule has 1 aliphatic heterocycles. The molecule has 1 fully saturated rings. The van der Waals surface area contributed by atoms with E-state index in [0.717, 1.165) is 5.69 Å². The second-order valence-corrected chi connectivity index (χ2v) is 7.04. The van der Waals surface area contributed by atoms with Crippen LogP contribution < -0.4 is 4.90 Å². The minimum atomic E-state index is -1.04. The summed E-state index contributed by atoms with van der Waals surface area (Å²) in [5.74, 6) is -1.04. The third-order valence-electron chi connectivity index (χ3n) is 3.84. The van der Waals surface area contributed by atoms with Gasteiger partial charge in [0.25, 0.3) is 0 Å². The van der Waals surface area contributed by atoms with Gasteiger partial charge in [-0.2, -0.15) is 0 Å².